The molecule has 9 heteroatoms. The number of aromatic nitrogens is 2. The smallest absolute Gasteiger partial charge is 0.262 e. The molecule has 4 aliphatic rings. The third kappa shape index (κ3) is 4.80. The van der Waals surface area contributed by atoms with Gasteiger partial charge in [-0.1, -0.05) is 42.2 Å². The van der Waals surface area contributed by atoms with E-state index in [0.29, 0.717) is 11.7 Å². The predicted octanol–water partition coefficient (Wildman–Crippen LogP) is 5.24. The van der Waals surface area contributed by atoms with Gasteiger partial charge in [-0.2, -0.15) is 0 Å². The first-order valence-electron chi connectivity index (χ1n) is 13.7. The number of allylic oxidation sites excluding steroid dienone is 1. The van der Waals surface area contributed by atoms with E-state index in [1.54, 1.807) is 6.20 Å². The highest BCUT2D eigenvalue weighted by Gasteiger charge is 2.63. The minimum absolute atomic E-state index is 0.109. The van der Waals surface area contributed by atoms with Crippen LogP contribution < -0.4 is 16.0 Å². The van der Waals surface area contributed by atoms with Gasteiger partial charge in [0.25, 0.3) is 11.8 Å². The highest BCUT2D eigenvalue weighted by molar-refractivity contribution is 5.68. The van der Waals surface area contributed by atoms with Gasteiger partial charge in [0.2, 0.25) is 0 Å². The summed E-state index contributed by atoms with van der Waals surface area (Å²) >= 11 is 0. The van der Waals surface area contributed by atoms with Gasteiger partial charge in [-0.15, -0.1) is 0 Å². The lowest BCUT2D eigenvalue weighted by atomic mass is 9.94. The molecule has 4 atom stereocenters. The van der Waals surface area contributed by atoms with Crippen molar-refractivity contribution in [2.24, 2.45) is 5.92 Å². The van der Waals surface area contributed by atoms with Crippen LogP contribution >= 0.6 is 0 Å². The van der Waals surface area contributed by atoms with E-state index in [-0.39, 0.29) is 37.5 Å². The number of alkyl halides is 4. The van der Waals surface area contributed by atoms with Gasteiger partial charge in [0.05, 0.1) is 36.6 Å². The van der Waals surface area contributed by atoms with Crippen molar-refractivity contribution in [3.63, 3.8) is 0 Å². The molecule has 3 fully saturated rings. The van der Waals surface area contributed by atoms with Crippen LogP contribution in [0, 0.1) is 17.8 Å². The molecule has 1 aromatic heterocycles. The zero-order valence-corrected chi connectivity index (χ0v) is 21.7. The number of hydrogen-bond donors (Lipinski definition) is 4. The van der Waals surface area contributed by atoms with Gasteiger partial charge in [0.1, 0.15) is 5.82 Å². The van der Waals surface area contributed by atoms with E-state index < -0.39 is 17.9 Å². The van der Waals surface area contributed by atoms with Crippen LogP contribution in [-0.2, 0) is 0 Å². The minimum Gasteiger partial charge on any atom is -0.377 e. The van der Waals surface area contributed by atoms with Gasteiger partial charge >= 0.3 is 0 Å². The maximum Gasteiger partial charge on any atom is 0.262 e. The molecule has 1 aliphatic carbocycles. The van der Waals surface area contributed by atoms with Crippen molar-refractivity contribution in [2.45, 2.75) is 55.2 Å². The van der Waals surface area contributed by atoms with E-state index in [0.717, 1.165) is 46.5 Å². The van der Waals surface area contributed by atoms with Crippen LogP contribution in [0.2, 0.25) is 0 Å². The number of benzene rings is 2. The van der Waals surface area contributed by atoms with Crippen molar-refractivity contribution in [2.75, 3.05) is 13.1 Å². The van der Waals surface area contributed by atoms with Crippen molar-refractivity contribution >= 4 is 5.70 Å². The Morgan fingerprint density at radius 2 is 1.43 bits per heavy atom. The molecule has 0 amide bonds. The average Bonchev–Trinajstić information content (AvgIpc) is 3.21. The zero-order valence-electron chi connectivity index (χ0n) is 21.7. The first-order chi connectivity index (χ1) is 19.2. The van der Waals surface area contributed by atoms with Crippen LogP contribution in [0.4, 0.5) is 17.6 Å². The van der Waals surface area contributed by atoms with Crippen LogP contribution in [0.3, 0.4) is 0 Å². The number of nitrogens with zero attached hydrogens (tertiary/aromatic N) is 1. The monoisotopic (exact) mass is 547 g/mol. The van der Waals surface area contributed by atoms with Crippen molar-refractivity contribution in [1.29, 1.82) is 0 Å². The van der Waals surface area contributed by atoms with Gasteiger partial charge in [0, 0.05) is 35.7 Å². The maximum absolute atomic E-state index is 13.8. The lowest BCUT2D eigenvalue weighted by Crippen LogP contribution is -2.49. The van der Waals surface area contributed by atoms with E-state index in [9.17, 15) is 17.6 Å². The fourth-order valence-electron chi connectivity index (χ4n) is 6.32. The largest absolute Gasteiger partial charge is 0.377 e. The topological polar surface area (TPSA) is 64.8 Å². The standard InChI is InChI=1S/C31H29F4N5/c32-29(33)14-25(37-17-29)28-36-16-26(39-28)22-9-5-20(6-10-22)2-1-19-3-7-21(8-4-19)24-12-11-23-13-31(23,40-24)27-15-30(34,35)18-38-27/h3-10,12,16,23,25,27,37-38,40H,11,13-15,17-18H2,(H,36,39)/t23?,25?,27-,31?/m0/s1. The minimum atomic E-state index is -2.71. The molecule has 3 unspecified atom stereocenters. The second-order valence-electron chi connectivity index (χ2n) is 11.5. The van der Waals surface area contributed by atoms with Crippen LogP contribution in [0.1, 0.15) is 54.2 Å². The highest BCUT2D eigenvalue weighted by Crippen LogP contribution is 2.55. The highest BCUT2D eigenvalue weighted by atomic mass is 19.3. The Morgan fingerprint density at radius 1 is 0.775 bits per heavy atom. The number of aromatic amines is 1. The lowest BCUT2D eigenvalue weighted by molar-refractivity contribution is 0.0191. The number of hydrogen-bond acceptors (Lipinski definition) is 4. The van der Waals surface area contributed by atoms with Gasteiger partial charge in [0.15, 0.2) is 0 Å². The first-order valence-corrected chi connectivity index (χ1v) is 13.7. The summed E-state index contributed by atoms with van der Waals surface area (Å²) in [6.45, 7) is -0.573. The van der Waals surface area contributed by atoms with Crippen molar-refractivity contribution < 1.29 is 17.6 Å². The quantitative estimate of drug-likeness (QED) is 0.267. The van der Waals surface area contributed by atoms with E-state index >= 15 is 0 Å². The second kappa shape index (κ2) is 9.22. The predicted molar refractivity (Wildman–Crippen MR) is 145 cm³/mol. The number of halogens is 4. The summed E-state index contributed by atoms with van der Waals surface area (Å²) in [5, 5.41) is 9.47. The Kier molecular flexibility index (Phi) is 5.84. The van der Waals surface area contributed by atoms with Gasteiger partial charge < -0.3 is 20.9 Å². The molecular formula is C31H29F4N5. The Balaban J connectivity index is 0.993. The van der Waals surface area contributed by atoms with Gasteiger partial charge in [-0.3, -0.25) is 0 Å². The summed E-state index contributed by atoms with van der Waals surface area (Å²) in [6, 6.07) is 15.0. The van der Waals surface area contributed by atoms with Crippen LogP contribution in [0.25, 0.3) is 17.0 Å². The Hall–Kier alpha value is -3.61. The number of rotatable bonds is 4. The molecule has 2 aromatic carbocycles. The molecule has 0 spiro atoms. The molecule has 3 aliphatic heterocycles. The summed E-state index contributed by atoms with van der Waals surface area (Å²) in [4.78, 5) is 7.45. The number of imidazole rings is 1. The molecule has 4 N–H and O–H groups in total. The summed E-state index contributed by atoms with van der Waals surface area (Å²) in [6.07, 6.45) is 5.29. The summed E-state index contributed by atoms with van der Waals surface area (Å²) in [5.41, 5.74) is 5.15. The number of fused-ring (bicyclic) bond motifs is 1. The van der Waals surface area contributed by atoms with Crippen molar-refractivity contribution in [3.8, 4) is 23.1 Å². The zero-order chi connectivity index (χ0) is 27.5. The summed E-state index contributed by atoms with van der Waals surface area (Å²) in [5.74, 6) is 1.97. The van der Waals surface area contributed by atoms with Crippen LogP contribution in [0.15, 0.2) is 60.8 Å². The fraction of sp³-hybridized carbons (Fsp3) is 0.387. The van der Waals surface area contributed by atoms with Crippen molar-refractivity contribution in [1.82, 2.24) is 25.9 Å². The van der Waals surface area contributed by atoms with Gasteiger partial charge in [-0.25, -0.2) is 22.5 Å². The Bertz CT molecular complexity index is 1520. The first kappa shape index (κ1) is 25.4. The van der Waals surface area contributed by atoms with E-state index in [2.05, 4.69) is 43.8 Å². The molecule has 206 valence electrons. The lowest BCUT2D eigenvalue weighted by Gasteiger charge is -2.31. The third-order valence-corrected chi connectivity index (χ3v) is 8.64. The normalized spacial score (nSPS) is 29.6. The second-order valence-corrected chi connectivity index (χ2v) is 11.5. The molecule has 2 saturated heterocycles. The molecule has 0 radical (unpaired) electrons. The molecule has 1 saturated carbocycles. The molecular weight excluding hydrogens is 518 g/mol. The number of H-pyrrole nitrogens is 1. The maximum atomic E-state index is 13.8. The molecule has 40 heavy (non-hydrogen) atoms. The Labute approximate surface area is 229 Å². The third-order valence-electron chi connectivity index (χ3n) is 8.64. The summed E-state index contributed by atoms with van der Waals surface area (Å²) in [7, 11) is 0. The fourth-order valence-corrected chi connectivity index (χ4v) is 6.32. The van der Waals surface area contributed by atoms with Crippen LogP contribution in [-0.4, -0.2) is 46.5 Å². The van der Waals surface area contributed by atoms with E-state index in [1.165, 1.54) is 0 Å². The number of nitrogens with one attached hydrogen (secondary N) is 4. The molecule has 0 bridgehead atoms. The van der Waals surface area contributed by atoms with Crippen molar-refractivity contribution in [3.05, 3.63) is 83.3 Å². The van der Waals surface area contributed by atoms with Crippen LogP contribution in [0.5, 0.6) is 0 Å². The Morgan fingerprint density at radius 3 is 2.05 bits per heavy atom. The molecule has 4 heterocycles. The SMILES string of the molecule is FC1(F)CNC(c2ncc(-c3ccc(C#Cc4ccc(C5=CCC6CC6([C@@H]6CC(F)(F)CN6)N5)cc4)cc3)[nH]2)C1. The van der Waals surface area contributed by atoms with E-state index in [1.807, 2.05) is 48.5 Å². The molecule has 5 nitrogen and oxygen atoms in total. The molecule has 7 rings (SSSR count). The summed E-state index contributed by atoms with van der Waals surface area (Å²) < 4.78 is 54.7. The van der Waals surface area contributed by atoms with E-state index in [4.69, 9.17) is 0 Å². The van der Waals surface area contributed by atoms with Gasteiger partial charge in [-0.05, 0) is 54.2 Å². The average molecular weight is 548 g/mol. The molecule has 3 aromatic rings.